The Morgan fingerprint density at radius 2 is 2.31 bits per heavy atom. The Morgan fingerprint density at radius 1 is 1.50 bits per heavy atom. The maximum absolute atomic E-state index is 8.68. The van der Waals surface area contributed by atoms with E-state index in [9.17, 15) is 0 Å². The summed E-state index contributed by atoms with van der Waals surface area (Å²) >= 11 is 1.66. The number of hydrogen-bond donors (Lipinski definition) is 0. The van der Waals surface area contributed by atoms with E-state index in [1.165, 1.54) is 4.88 Å². The molecule has 0 unspecified atom stereocenters. The van der Waals surface area contributed by atoms with Gasteiger partial charge in [0.2, 0.25) is 0 Å². The summed E-state index contributed by atoms with van der Waals surface area (Å²) in [4.78, 5) is 5.41. The second-order valence-electron chi connectivity index (χ2n) is 3.52. The number of thiophene rings is 1. The highest BCUT2D eigenvalue weighted by Gasteiger charge is 2.04. The van der Waals surface area contributed by atoms with Gasteiger partial charge >= 0.3 is 0 Å². The van der Waals surface area contributed by atoms with E-state index in [0.29, 0.717) is 5.56 Å². The fraction of sp³-hybridized carbons (Fsp3) is 0.0769. The fourth-order valence-electron chi connectivity index (χ4n) is 1.33. The van der Waals surface area contributed by atoms with Gasteiger partial charge in [-0.3, -0.25) is 4.98 Å². The molecule has 0 amide bonds. The molecule has 0 atom stereocenters. The van der Waals surface area contributed by atoms with Crippen molar-refractivity contribution < 1.29 is 0 Å². The van der Waals surface area contributed by atoms with Crippen molar-refractivity contribution in [3.05, 3.63) is 46.8 Å². The van der Waals surface area contributed by atoms with Gasteiger partial charge < -0.3 is 0 Å². The lowest BCUT2D eigenvalue weighted by atomic mass is 10.1. The quantitative estimate of drug-likeness (QED) is 0.782. The zero-order chi connectivity index (χ0) is 11.5. The molecule has 0 aliphatic rings. The van der Waals surface area contributed by atoms with Gasteiger partial charge in [-0.25, -0.2) is 0 Å². The van der Waals surface area contributed by atoms with Crippen LogP contribution in [0.2, 0.25) is 0 Å². The van der Waals surface area contributed by atoms with Crippen molar-refractivity contribution >= 4 is 16.9 Å². The lowest BCUT2D eigenvalue weighted by molar-refractivity contribution is 1.30. The molecule has 2 aromatic heterocycles. The monoisotopic (exact) mass is 226 g/mol. The summed E-state index contributed by atoms with van der Waals surface area (Å²) in [6, 6.07) is 7.77. The van der Waals surface area contributed by atoms with Crippen LogP contribution < -0.4 is 0 Å². The zero-order valence-electron chi connectivity index (χ0n) is 8.90. The van der Waals surface area contributed by atoms with E-state index in [0.717, 1.165) is 16.8 Å². The van der Waals surface area contributed by atoms with Crippen molar-refractivity contribution in [2.45, 2.75) is 6.92 Å². The molecule has 0 saturated carbocycles. The molecule has 2 nitrogen and oxygen atoms in total. The molecule has 0 aliphatic carbocycles. The second-order valence-corrected chi connectivity index (χ2v) is 4.44. The second kappa shape index (κ2) is 4.30. The average molecular weight is 226 g/mol. The molecular weight excluding hydrogens is 216 g/mol. The molecule has 16 heavy (non-hydrogen) atoms. The molecule has 0 saturated heterocycles. The topological polar surface area (TPSA) is 36.7 Å². The van der Waals surface area contributed by atoms with Crippen LogP contribution in [0, 0.1) is 11.3 Å². The van der Waals surface area contributed by atoms with Gasteiger partial charge in [0.1, 0.15) is 6.07 Å². The summed E-state index contributed by atoms with van der Waals surface area (Å²) in [5.74, 6) is 0. The van der Waals surface area contributed by atoms with Gasteiger partial charge in [-0.2, -0.15) is 5.26 Å². The number of nitriles is 1. The maximum Gasteiger partial charge on any atom is 0.101 e. The minimum Gasteiger partial charge on any atom is -0.255 e. The average Bonchev–Trinajstić information content (AvgIpc) is 2.78. The van der Waals surface area contributed by atoms with Gasteiger partial charge in [-0.1, -0.05) is 6.58 Å². The molecule has 2 heterocycles. The van der Waals surface area contributed by atoms with E-state index in [1.54, 1.807) is 23.6 Å². The highest BCUT2D eigenvalue weighted by molar-refractivity contribution is 7.11. The van der Waals surface area contributed by atoms with Crippen LogP contribution in [-0.4, -0.2) is 4.98 Å². The summed E-state index contributed by atoms with van der Waals surface area (Å²) in [7, 11) is 0. The largest absolute Gasteiger partial charge is 0.255 e. The van der Waals surface area contributed by atoms with Crippen molar-refractivity contribution in [1.82, 2.24) is 4.98 Å². The van der Waals surface area contributed by atoms with Crippen LogP contribution >= 0.6 is 11.3 Å². The van der Waals surface area contributed by atoms with Crippen LogP contribution in [0.3, 0.4) is 0 Å². The smallest absolute Gasteiger partial charge is 0.101 e. The van der Waals surface area contributed by atoms with E-state index in [4.69, 9.17) is 5.26 Å². The number of pyridine rings is 1. The predicted molar refractivity (Wildman–Crippen MR) is 67.0 cm³/mol. The molecule has 0 radical (unpaired) electrons. The van der Waals surface area contributed by atoms with Crippen LogP contribution in [0.25, 0.3) is 16.8 Å². The predicted octanol–water partition coefficient (Wildman–Crippen LogP) is 3.71. The van der Waals surface area contributed by atoms with Crippen molar-refractivity contribution in [1.29, 1.82) is 5.26 Å². The van der Waals surface area contributed by atoms with Crippen molar-refractivity contribution in [2.24, 2.45) is 0 Å². The summed E-state index contributed by atoms with van der Waals surface area (Å²) in [5, 5.41) is 10.7. The number of aromatic nitrogens is 1. The van der Waals surface area contributed by atoms with Gasteiger partial charge in [0, 0.05) is 22.0 Å². The lowest BCUT2D eigenvalue weighted by Crippen LogP contribution is -1.82. The van der Waals surface area contributed by atoms with E-state index in [2.05, 4.69) is 29.1 Å². The molecule has 0 fully saturated rings. The SMILES string of the molecule is C=C(C)c1cc(-c2ccc(C#N)cn2)cs1. The third-order valence-corrected chi connectivity index (χ3v) is 3.30. The van der Waals surface area contributed by atoms with Crippen LogP contribution in [0.1, 0.15) is 17.4 Å². The molecule has 78 valence electrons. The van der Waals surface area contributed by atoms with Crippen molar-refractivity contribution in [3.63, 3.8) is 0 Å². The molecule has 0 spiro atoms. The summed E-state index contributed by atoms with van der Waals surface area (Å²) in [6.07, 6.45) is 1.59. The van der Waals surface area contributed by atoms with Crippen LogP contribution in [0.4, 0.5) is 0 Å². The number of nitrogens with zero attached hydrogens (tertiary/aromatic N) is 2. The Bertz CT molecular complexity index is 558. The van der Waals surface area contributed by atoms with Crippen molar-refractivity contribution in [2.75, 3.05) is 0 Å². The molecule has 0 N–H and O–H groups in total. The van der Waals surface area contributed by atoms with Gasteiger partial charge in [0.05, 0.1) is 11.3 Å². The van der Waals surface area contributed by atoms with Gasteiger partial charge in [-0.05, 0) is 30.7 Å². The first-order valence-electron chi connectivity index (χ1n) is 4.81. The van der Waals surface area contributed by atoms with Crippen LogP contribution in [-0.2, 0) is 0 Å². The fourth-order valence-corrected chi connectivity index (χ4v) is 2.16. The van der Waals surface area contributed by atoms with Crippen LogP contribution in [0.15, 0.2) is 36.4 Å². The molecule has 3 heteroatoms. The Morgan fingerprint density at radius 3 is 2.81 bits per heavy atom. The summed E-state index contributed by atoms with van der Waals surface area (Å²) in [5.41, 5.74) is 3.61. The Hall–Kier alpha value is -1.92. The van der Waals surface area contributed by atoms with Gasteiger partial charge in [-0.15, -0.1) is 11.3 Å². The Balaban J connectivity index is 2.36. The Kier molecular flexibility index (Phi) is 2.84. The van der Waals surface area contributed by atoms with Gasteiger partial charge in [0.15, 0.2) is 0 Å². The minimum atomic E-state index is 0.583. The minimum absolute atomic E-state index is 0.583. The summed E-state index contributed by atoms with van der Waals surface area (Å²) < 4.78 is 0. The van der Waals surface area contributed by atoms with E-state index in [1.807, 2.05) is 13.0 Å². The van der Waals surface area contributed by atoms with Gasteiger partial charge in [0.25, 0.3) is 0 Å². The molecule has 2 rings (SSSR count). The van der Waals surface area contributed by atoms with E-state index >= 15 is 0 Å². The Labute approximate surface area is 98.5 Å². The van der Waals surface area contributed by atoms with E-state index < -0.39 is 0 Å². The first-order valence-corrected chi connectivity index (χ1v) is 5.69. The van der Waals surface area contributed by atoms with Crippen molar-refractivity contribution in [3.8, 4) is 17.3 Å². The normalized spacial score (nSPS) is 9.75. The zero-order valence-corrected chi connectivity index (χ0v) is 9.71. The van der Waals surface area contributed by atoms with Crippen LogP contribution in [0.5, 0.6) is 0 Å². The third-order valence-electron chi connectivity index (χ3n) is 2.21. The van der Waals surface area contributed by atoms with E-state index in [-0.39, 0.29) is 0 Å². The summed E-state index contributed by atoms with van der Waals surface area (Å²) in [6.45, 7) is 5.89. The highest BCUT2D eigenvalue weighted by atomic mass is 32.1. The molecule has 0 aliphatic heterocycles. The number of hydrogen-bond acceptors (Lipinski definition) is 3. The lowest BCUT2D eigenvalue weighted by Gasteiger charge is -1.95. The molecule has 0 bridgehead atoms. The third kappa shape index (κ3) is 2.02. The number of rotatable bonds is 2. The number of allylic oxidation sites excluding steroid dienone is 1. The highest BCUT2D eigenvalue weighted by Crippen LogP contribution is 2.27. The maximum atomic E-state index is 8.68. The molecule has 2 aromatic rings. The molecular formula is C13H10N2S. The first kappa shape index (κ1) is 10.6. The standard InChI is InChI=1S/C13H10N2S/c1-9(2)13-5-11(8-16-13)12-4-3-10(6-14)7-15-12/h3-5,7-8H,1H2,2H3. The first-order chi connectivity index (χ1) is 7.70. The molecule has 0 aromatic carbocycles.